The number of hydrogen-bond acceptors (Lipinski definition) is 4. The van der Waals surface area contributed by atoms with Crippen LogP contribution < -0.4 is 4.74 Å². The van der Waals surface area contributed by atoms with Gasteiger partial charge in [0.2, 0.25) is 0 Å². The minimum atomic E-state index is 0.346. The Hall–Kier alpha value is -1.85. The topological polar surface area (TPSA) is 39.5 Å². The molecule has 1 aliphatic heterocycles. The van der Waals surface area contributed by atoms with Gasteiger partial charge in [0.05, 0.1) is 19.4 Å². The SMILES string of the molecule is CCOC[C@@H]1CN(Cc2ccc(OC)cc2)Cc2cn(C)nc21. The lowest BCUT2D eigenvalue weighted by Gasteiger charge is -2.31. The highest BCUT2D eigenvalue weighted by molar-refractivity contribution is 5.28. The van der Waals surface area contributed by atoms with Crippen LogP contribution in [0.2, 0.25) is 0 Å². The minimum absolute atomic E-state index is 0.346. The predicted molar refractivity (Wildman–Crippen MR) is 89.6 cm³/mol. The lowest BCUT2D eigenvalue weighted by Crippen LogP contribution is -2.34. The molecule has 1 aliphatic rings. The van der Waals surface area contributed by atoms with Crippen LogP contribution in [0.1, 0.15) is 29.7 Å². The van der Waals surface area contributed by atoms with Crippen molar-refractivity contribution in [2.24, 2.45) is 7.05 Å². The van der Waals surface area contributed by atoms with Crippen LogP contribution >= 0.6 is 0 Å². The van der Waals surface area contributed by atoms with E-state index in [-0.39, 0.29) is 0 Å². The third kappa shape index (κ3) is 3.74. The van der Waals surface area contributed by atoms with Crippen LogP contribution in [0.5, 0.6) is 5.75 Å². The highest BCUT2D eigenvalue weighted by atomic mass is 16.5. The largest absolute Gasteiger partial charge is 0.497 e. The summed E-state index contributed by atoms with van der Waals surface area (Å²) in [5.41, 5.74) is 3.82. The van der Waals surface area contributed by atoms with E-state index in [1.165, 1.54) is 16.8 Å². The first-order chi connectivity index (χ1) is 11.2. The first-order valence-electron chi connectivity index (χ1n) is 8.15. The van der Waals surface area contributed by atoms with E-state index in [2.05, 4.69) is 28.3 Å². The van der Waals surface area contributed by atoms with Gasteiger partial charge < -0.3 is 9.47 Å². The molecule has 124 valence electrons. The number of benzene rings is 1. The van der Waals surface area contributed by atoms with E-state index >= 15 is 0 Å². The maximum atomic E-state index is 5.68. The second-order valence-corrected chi connectivity index (χ2v) is 6.09. The van der Waals surface area contributed by atoms with Crippen molar-refractivity contribution in [3.63, 3.8) is 0 Å². The van der Waals surface area contributed by atoms with Gasteiger partial charge in [0, 0.05) is 51.0 Å². The van der Waals surface area contributed by atoms with Gasteiger partial charge in [-0.1, -0.05) is 12.1 Å². The lowest BCUT2D eigenvalue weighted by molar-refractivity contribution is 0.104. The van der Waals surface area contributed by atoms with Crippen LogP contribution in [0.15, 0.2) is 30.5 Å². The Kier molecular flexibility index (Phi) is 4.98. The quantitative estimate of drug-likeness (QED) is 0.821. The summed E-state index contributed by atoms with van der Waals surface area (Å²) >= 11 is 0. The van der Waals surface area contributed by atoms with Gasteiger partial charge in [-0.2, -0.15) is 5.10 Å². The van der Waals surface area contributed by atoms with E-state index < -0.39 is 0 Å². The molecule has 23 heavy (non-hydrogen) atoms. The first-order valence-corrected chi connectivity index (χ1v) is 8.15. The summed E-state index contributed by atoms with van der Waals surface area (Å²) in [6.07, 6.45) is 2.13. The Morgan fingerprint density at radius 1 is 1.26 bits per heavy atom. The fourth-order valence-electron chi connectivity index (χ4n) is 3.23. The number of aryl methyl sites for hydroxylation is 1. The molecule has 3 rings (SSSR count). The van der Waals surface area contributed by atoms with Gasteiger partial charge in [-0.25, -0.2) is 0 Å². The Morgan fingerprint density at radius 2 is 2.04 bits per heavy atom. The molecular weight excluding hydrogens is 290 g/mol. The van der Waals surface area contributed by atoms with Crippen molar-refractivity contribution in [2.75, 3.05) is 26.9 Å². The lowest BCUT2D eigenvalue weighted by atomic mass is 9.97. The Balaban J connectivity index is 1.73. The smallest absolute Gasteiger partial charge is 0.118 e. The second kappa shape index (κ2) is 7.15. The van der Waals surface area contributed by atoms with Gasteiger partial charge in [-0.15, -0.1) is 0 Å². The van der Waals surface area contributed by atoms with Gasteiger partial charge in [0.1, 0.15) is 5.75 Å². The molecule has 0 radical (unpaired) electrons. The highest BCUT2D eigenvalue weighted by Crippen LogP contribution is 2.28. The molecule has 5 heteroatoms. The van der Waals surface area contributed by atoms with Gasteiger partial charge in [-0.05, 0) is 24.6 Å². The van der Waals surface area contributed by atoms with Crippen molar-refractivity contribution < 1.29 is 9.47 Å². The molecule has 2 aromatic rings. The maximum Gasteiger partial charge on any atom is 0.118 e. The van der Waals surface area contributed by atoms with Crippen LogP contribution in [0.4, 0.5) is 0 Å². The van der Waals surface area contributed by atoms with Gasteiger partial charge in [0.15, 0.2) is 0 Å². The molecule has 0 amide bonds. The van der Waals surface area contributed by atoms with Crippen molar-refractivity contribution in [3.8, 4) is 5.75 Å². The zero-order valence-corrected chi connectivity index (χ0v) is 14.2. The molecule has 1 atom stereocenters. The molecule has 0 aliphatic carbocycles. The number of ether oxygens (including phenoxy) is 2. The summed E-state index contributed by atoms with van der Waals surface area (Å²) in [6, 6.07) is 8.31. The van der Waals surface area contributed by atoms with Gasteiger partial charge in [0.25, 0.3) is 0 Å². The van der Waals surface area contributed by atoms with Crippen LogP contribution in [0.3, 0.4) is 0 Å². The van der Waals surface area contributed by atoms with Crippen molar-refractivity contribution in [3.05, 3.63) is 47.3 Å². The van der Waals surface area contributed by atoms with E-state index in [1.54, 1.807) is 7.11 Å². The second-order valence-electron chi connectivity index (χ2n) is 6.09. The van der Waals surface area contributed by atoms with Crippen molar-refractivity contribution in [1.29, 1.82) is 0 Å². The van der Waals surface area contributed by atoms with Crippen molar-refractivity contribution >= 4 is 0 Å². The molecular formula is C18H25N3O2. The molecule has 0 saturated heterocycles. The van der Waals surface area contributed by atoms with Crippen LogP contribution in [-0.2, 0) is 24.9 Å². The van der Waals surface area contributed by atoms with Gasteiger partial charge >= 0.3 is 0 Å². The van der Waals surface area contributed by atoms with Crippen LogP contribution in [-0.4, -0.2) is 41.5 Å². The monoisotopic (exact) mass is 315 g/mol. The fraction of sp³-hybridized carbons (Fsp3) is 0.500. The molecule has 0 saturated carbocycles. The van der Waals surface area contributed by atoms with Gasteiger partial charge in [-0.3, -0.25) is 9.58 Å². The summed E-state index contributed by atoms with van der Waals surface area (Å²) in [5, 5.41) is 4.64. The molecule has 0 spiro atoms. The van der Waals surface area contributed by atoms with E-state index in [9.17, 15) is 0 Å². The molecule has 1 aromatic carbocycles. The first kappa shape index (κ1) is 16.0. The summed E-state index contributed by atoms with van der Waals surface area (Å²) < 4.78 is 12.8. The highest BCUT2D eigenvalue weighted by Gasteiger charge is 2.28. The standard InChI is InChI=1S/C18H25N3O2/c1-4-23-13-16-12-21(11-15-10-20(2)19-18(15)16)9-14-5-7-17(22-3)8-6-14/h5-8,10,16H,4,9,11-13H2,1-3H3/t16-/m0/s1. The van der Waals surface area contributed by atoms with Crippen molar-refractivity contribution in [1.82, 2.24) is 14.7 Å². The minimum Gasteiger partial charge on any atom is -0.497 e. The molecule has 0 bridgehead atoms. The molecule has 0 fully saturated rings. The summed E-state index contributed by atoms with van der Waals surface area (Å²) in [7, 11) is 3.69. The molecule has 0 unspecified atom stereocenters. The summed E-state index contributed by atoms with van der Waals surface area (Å²) in [6.45, 7) is 6.38. The number of hydrogen-bond donors (Lipinski definition) is 0. The molecule has 2 heterocycles. The third-order valence-electron chi connectivity index (χ3n) is 4.28. The van der Waals surface area contributed by atoms with Crippen molar-refractivity contribution in [2.45, 2.75) is 25.9 Å². The zero-order chi connectivity index (χ0) is 16.2. The molecule has 1 aromatic heterocycles. The normalized spacial score (nSPS) is 18.0. The number of fused-ring (bicyclic) bond motifs is 1. The zero-order valence-electron chi connectivity index (χ0n) is 14.2. The van der Waals surface area contributed by atoms with E-state index in [0.29, 0.717) is 5.92 Å². The molecule has 0 N–H and O–H groups in total. The average Bonchev–Trinajstić information content (AvgIpc) is 2.93. The summed E-state index contributed by atoms with van der Waals surface area (Å²) in [5.74, 6) is 1.24. The number of rotatable bonds is 6. The average molecular weight is 315 g/mol. The van der Waals surface area contributed by atoms with Crippen LogP contribution in [0.25, 0.3) is 0 Å². The fourth-order valence-corrected chi connectivity index (χ4v) is 3.23. The summed E-state index contributed by atoms with van der Waals surface area (Å²) in [4.78, 5) is 2.47. The Bertz CT molecular complexity index is 636. The molecule has 5 nitrogen and oxygen atoms in total. The Labute approximate surface area is 137 Å². The van der Waals surface area contributed by atoms with Crippen LogP contribution in [0, 0.1) is 0 Å². The predicted octanol–water partition coefficient (Wildman–Crippen LogP) is 2.56. The Morgan fingerprint density at radius 3 is 2.74 bits per heavy atom. The van der Waals surface area contributed by atoms with E-state index in [1.807, 2.05) is 30.8 Å². The van der Waals surface area contributed by atoms with E-state index in [0.717, 1.165) is 38.6 Å². The number of nitrogens with zero attached hydrogens (tertiary/aromatic N) is 3. The maximum absolute atomic E-state index is 5.68. The third-order valence-corrected chi connectivity index (χ3v) is 4.28. The van der Waals surface area contributed by atoms with E-state index in [4.69, 9.17) is 9.47 Å². The number of methoxy groups -OCH3 is 1. The number of aromatic nitrogens is 2.